The Labute approximate surface area is 149 Å². The minimum absolute atomic E-state index is 0.105. The Hall–Kier alpha value is -0.160. The molecule has 4 heteroatoms. The molecule has 1 saturated heterocycles. The summed E-state index contributed by atoms with van der Waals surface area (Å²) in [5, 5.41) is 0. The van der Waals surface area contributed by atoms with Gasteiger partial charge in [0.05, 0.1) is 19.3 Å². The Morgan fingerprint density at radius 1 is 1.00 bits per heavy atom. The molecule has 1 aliphatic rings. The lowest BCUT2D eigenvalue weighted by molar-refractivity contribution is -0.270. The van der Waals surface area contributed by atoms with Gasteiger partial charge in [-0.1, -0.05) is 45.4 Å². The smallest absolute Gasteiger partial charge is 0.170 e. The van der Waals surface area contributed by atoms with E-state index in [1.165, 1.54) is 38.5 Å². The summed E-state index contributed by atoms with van der Waals surface area (Å²) in [7, 11) is 0. The molecule has 0 aliphatic carbocycles. The van der Waals surface area contributed by atoms with Gasteiger partial charge < -0.3 is 18.9 Å². The first kappa shape index (κ1) is 21.9. The normalized spacial score (nSPS) is 20.1. The third-order valence-electron chi connectivity index (χ3n) is 4.92. The van der Waals surface area contributed by atoms with Crippen molar-refractivity contribution in [3.05, 3.63) is 0 Å². The first-order chi connectivity index (χ1) is 11.6. The Kier molecular flexibility index (Phi) is 11.2. The van der Waals surface area contributed by atoms with E-state index in [4.69, 9.17) is 18.9 Å². The molecular weight excluding hydrogens is 304 g/mol. The average molecular weight is 345 g/mol. The van der Waals surface area contributed by atoms with Gasteiger partial charge in [0, 0.05) is 19.1 Å². The largest absolute Gasteiger partial charge is 0.375 e. The number of epoxide rings is 1. The van der Waals surface area contributed by atoms with E-state index in [0.717, 1.165) is 13.0 Å². The van der Waals surface area contributed by atoms with Crippen LogP contribution in [0, 0.1) is 5.92 Å². The summed E-state index contributed by atoms with van der Waals surface area (Å²) >= 11 is 0. The third-order valence-corrected chi connectivity index (χ3v) is 4.92. The van der Waals surface area contributed by atoms with E-state index in [1.807, 2.05) is 13.8 Å². The van der Waals surface area contributed by atoms with Gasteiger partial charge >= 0.3 is 0 Å². The molecular formula is C20H40O4. The summed E-state index contributed by atoms with van der Waals surface area (Å²) in [4.78, 5) is 0. The van der Waals surface area contributed by atoms with Crippen LogP contribution in [-0.4, -0.2) is 44.4 Å². The summed E-state index contributed by atoms with van der Waals surface area (Å²) < 4.78 is 23.4. The van der Waals surface area contributed by atoms with Crippen molar-refractivity contribution >= 4 is 0 Å². The zero-order valence-electron chi connectivity index (χ0n) is 16.6. The van der Waals surface area contributed by atoms with Gasteiger partial charge in [0.1, 0.15) is 6.10 Å². The Balaban J connectivity index is 2.54. The van der Waals surface area contributed by atoms with Crippen molar-refractivity contribution in [2.45, 2.75) is 97.6 Å². The van der Waals surface area contributed by atoms with Crippen molar-refractivity contribution in [1.29, 1.82) is 0 Å². The van der Waals surface area contributed by atoms with Gasteiger partial charge in [0.15, 0.2) is 5.79 Å². The lowest BCUT2D eigenvalue weighted by Gasteiger charge is -2.40. The highest BCUT2D eigenvalue weighted by atomic mass is 16.7. The molecule has 0 bridgehead atoms. The fraction of sp³-hybridized carbons (Fsp3) is 1.00. The van der Waals surface area contributed by atoms with Crippen molar-refractivity contribution in [2.24, 2.45) is 5.92 Å². The van der Waals surface area contributed by atoms with E-state index in [0.29, 0.717) is 25.9 Å². The average Bonchev–Trinajstić information content (AvgIpc) is 3.36. The van der Waals surface area contributed by atoms with E-state index in [9.17, 15) is 0 Å². The molecule has 1 fully saturated rings. The summed E-state index contributed by atoms with van der Waals surface area (Å²) in [6, 6.07) is 0. The summed E-state index contributed by atoms with van der Waals surface area (Å²) in [5.74, 6) is -0.334. The minimum atomic E-state index is -0.573. The molecule has 0 aromatic heterocycles. The fourth-order valence-corrected chi connectivity index (χ4v) is 3.44. The van der Waals surface area contributed by atoms with E-state index < -0.39 is 5.79 Å². The maximum absolute atomic E-state index is 6.08. The van der Waals surface area contributed by atoms with Gasteiger partial charge in [-0.15, -0.1) is 0 Å². The number of hydrogen-bond donors (Lipinski definition) is 0. The maximum Gasteiger partial charge on any atom is 0.170 e. The highest BCUT2D eigenvalue weighted by molar-refractivity contribution is 4.82. The topological polar surface area (TPSA) is 40.2 Å². The molecule has 4 nitrogen and oxygen atoms in total. The molecule has 0 amide bonds. The Morgan fingerprint density at radius 3 is 2.12 bits per heavy atom. The van der Waals surface area contributed by atoms with Gasteiger partial charge in [-0.05, 0) is 34.1 Å². The van der Waals surface area contributed by atoms with E-state index >= 15 is 0 Å². The molecule has 24 heavy (non-hydrogen) atoms. The molecule has 3 atom stereocenters. The highest BCUT2D eigenvalue weighted by Crippen LogP contribution is 2.33. The van der Waals surface area contributed by atoms with Crippen LogP contribution in [0.4, 0.5) is 0 Å². The highest BCUT2D eigenvalue weighted by Gasteiger charge is 2.40. The second-order valence-electron chi connectivity index (χ2n) is 7.04. The Morgan fingerprint density at radius 2 is 1.58 bits per heavy atom. The van der Waals surface area contributed by atoms with E-state index in [2.05, 4.69) is 20.8 Å². The molecule has 1 aliphatic heterocycles. The molecule has 0 saturated carbocycles. The standard InChI is InChI=1S/C20H40O4/c1-6-9-10-11-12-13-14-19(17(4)21-15-18-16-22-18)20(5,23-7-2)24-8-3/h17-19H,6-16H2,1-5H3. The van der Waals surface area contributed by atoms with Gasteiger partial charge in [0.2, 0.25) is 0 Å². The molecule has 144 valence electrons. The van der Waals surface area contributed by atoms with Crippen LogP contribution < -0.4 is 0 Å². The number of rotatable bonds is 16. The second-order valence-corrected chi connectivity index (χ2v) is 7.04. The van der Waals surface area contributed by atoms with Gasteiger partial charge in [0.25, 0.3) is 0 Å². The quantitative estimate of drug-likeness (QED) is 0.226. The first-order valence-corrected chi connectivity index (χ1v) is 10.1. The van der Waals surface area contributed by atoms with Crippen molar-refractivity contribution in [3.8, 4) is 0 Å². The Bertz CT molecular complexity index is 298. The van der Waals surface area contributed by atoms with Crippen LogP contribution in [0.2, 0.25) is 0 Å². The van der Waals surface area contributed by atoms with Crippen LogP contribution in [0.15, 0.2) is 0 Å². The van der Waals surface area contributed by atoms with Crippen LogP contribution in [0.25, 0.3) is 0 Å². The predicted molar refractivity (Wildman–Crippen MR) is 98.3 cm³/mol. The van der Waals surface area contributed by atoms with Crippen molar-refractivity contribution in [2.75, 3.05) is 26.4 Å². The van der Waals surface area contributed by atoms with Crippen LogP contribution in [-0.2, 0) is 18.9 Å². The SMILES string of the molecule is CCCCCCCCC(C(C)OCC1CO1)C(C)(OCC)OCC. The number of ether oxygens (including phenoxy) is 4. The van der Waals surface area contributed by atoms with Crippen LogP contribution >= 0.6 is 0 Å². The summed E-state index contributed by atoms with van der Waals surface area (Å²) in [6.45, 7) is 13.4. The first-order valence-electron chi connectivity index (χ1n) is 10.1. The molecule has 0 radical (unpaired) electrons. The van der Waals surface area contributed by atoms with E-state index in [-0.39, 0.29) is 12.0 Å². The van der Waals surface area contributed by atoms with E-state index in [1.54, 1.807) is 0 Å². The zero-order valence-corrected chi connectivity index (χ0v) is 16.6. The van der Waals surface area contributed by atoms with Crippen LogP contribution in [0.5, 0.6) is 0 Å². The van der Waals surface area contributed by atoms with Crippen molar-refractivity contribution < 1.29 is 18.9 Å². The van der Waals surface area contributed by atoms with Gasteiger partial charge in [-0.2, -0.15) is 0 Å². The molecule has 0 aromatic rings. The molecule has 1 heterocycles. The molecule has 0 N–H and O–H groups in total. The van der Waals surface area contributed by atoms with Crippen LogP contribution in [0.3, 0.4) is 0 Å². The third kappa shape index (κ3) is 8.28. The molecule has 1 rings (SSSR count). The van der Waals surface area contributed by atoms with Crippen LogP contribution in [0.1, 0.15) is 79.6 Å². The van der Waals surface area contributed by atoms with Crippen molar-refractivity contribution in [1.82, 2.24) is 0 Å². The number of unbranched alkanes of at least 4 members (excludes halogenated alkanes) is 5. The monoisotopic (exact) mass is 344 g/mol. The predicted octanol–water partition coefficient (Wildman–Crippen LogP) is 4.95. The minimum Gasteiger partial charge on any atom is -0.375 e. The molecule has 3 unspecified atom stereocenters. The molecule has 0 aromatic carbocycles. The number of hydrogen-bond acceptors (Lipinski definition) is 4. The lowest BCUT2D eigenvalue weighted by Crippen LogP contribution is -2.46. The fourth-order valence-electron chi connectivity index (χ4n) is 3.44. The van der Waals surface area contributed by atoms with Gasteiger partial charge in [-0.3, -0.25) is 0 Å². The van der Waals surface area contributed by atoms with Gasteiger partial charge in [-0.25, -0.2) is 0 Å². The summed E-state index contributed by atoms with van der Waals surface area (Å²) in [6.07, 6.45) is 9.28. The molecule has 0 spiro atoms. The maximum atomic E-state index is 6.08. The second kappa shape index (κ2) is 12.2. The lowest BCUT2D eigenvalue weighted by atomic mass is 9.88. The van der Waals surface area contributed by atoms with Crippen molar-refractivity contribution in [3.63, 3.8) is 0 Å². The summed E-state index contributed by atoms with van der Waals surface area (Å²) in [5.41, 5.74) is 0. The zero-order chi connectivity index (χ0) is 17.8.